The Hall–Kier alpha value is -2.18. The number of rotatable bonds is 5. The highest BCUT2D eigenvalue weighted by Gasteiger charge is 2.42. The fraction of sp³-hybridized carbons (Fsp3) is 0.450. The number of halogens is 1. The van der Waals surface area contributed by atoms with Crippen LogP contribution in [0.2, 0.25) is 0 Å². The number of aromatic nitrogens is 1. The maximum absolute atomic E-state index is 13.5. The smallest absolute Gasteiger partial charge is 0.165 e. The van der Waals surface area contributed by atoms with Gasteiger partial charge in [-0.25, -0.2) is 4.39 Å². The third-order valence-corrected chi connectivity index (χ3v) is 5.51. The van der Waals surface area contributed by atoms with Gasteiger partial charge in [0, 0.05) is 25.8 Å². The number of benzene rings is 1. The van der Waals surface area contributed by atoms with Crippen LogP contribution in [-0.2, 0) is 0 Å². The molecule has 26 heavy (non-hydrogen) atoms. The summed E-state index contributed by atoms with van der Waals surface area (Å²) in [6, 6.07) is 7.86. The number of nitrogens with zero attached hydrogens (tertiary/aromatic N) is 2. The van der Waals surface area contributed by atoms with Crippen LogP contribution in [0.25, 0.3) is 0 Å². The second-order valence-corrected chi connectivity index (χ2v) is 7.37. The number of phenolic OH excluding ortho intramolecular Hbond substituents is 1. The van der Waals surface area contributed by atoms with Crippen molar-refractivity contribution in [1.82, 2.24) is 9.88 Å². The lowest BCUT2D eigenvalue weighted by atomic mass is 10.0. The van der Waals surface area contributed by atoms with Gasteiger partial charge in [-0.1, -0.05) is 6.07 Å². The molecule has 2 heterocycles. The van der Waals surface area contributed by atoms with Gasteiger partial charge in [0.05, 0.1) is 18.4 Å². The molecule has 1 aromatic carbocycles. The van der Waals surface area contributed by atoms with Gasteiger partial charge in [-0.15, -0.1) is 0 Å². The van der Waals surface area contributed by atoms with E-state index in [1.165, 1.54) is 12.1 Å². The average Bonchev–Trinajstić information content (AvgIpc) is 3.16. The van der Waals surface area contributed by atoms with Crippen molar-refractivity contribution in [3.63, 3.8) is 0 Å². The number of pyridine rings is 1. The van der Waals surface area contributed by atoms with Crippen molar-refractivity contribution in [2.75, 3.05) is 19.6 Å². The molecule has 1 unspecified atom stereocenters. The summed E-state index contributed by atoms with van der Waals surface area (Å²) >= 11 is 0. The maximum atomic E-state index is 13.5. The van der Waals surface area contributed by atoms with Crippen LogP contribution >= 0.6 is 0 Å². The van der Waals surface area contributed by atoms with E-state index in [1.54, 1.807) is 18.5 Å². The monoisotopic (exact) mass is 358 g/mol. The number of aliphatic hydroxyl groups is 1. The van der Waals surface area contributed by atoms with Gasteiger partial charge in [0.25, 0.3) is 0 Å². The molecule has 0 amide bonds. The third-order valence-electron chi connectivity index (χ3n) is 5.51. The number of hydrogen-bond donors (Lipinski definition) is 2. The molecule has 138 valence electrons. The fourth-order valence-electron chi connectivity index (χ4n) is 4.28. The lowest BCUT2D eigenvalue weighted by molar-refractivity contribution is 0.116. The summed E-state index contributed by atoms with van der Waals surface area (Å²) in [5, 5.41) is 19.7. The summed E-state index contributed by atoms with van der Waals surface area (Å²) < 4.78 is 19.5. The summed E-state index contributed by atoms with van der Waals surface area (Å²) in [6.07, 6.45) is 4.98. The molecule has 1 aliphatic heterocycles. The Bertz CT molecular complexity index is 744. The van der Waals surface area contributed by atoms with E-state index in [0.717, 1.165) is 31.7 Å². The van der Waals surface area contributed by atoms with E-state index < -0.39 is 17.7 Å². The second kappa shape index (κ2) is 7.21. The Morgan fingerprint density at radius 2 is 2.00 bits per heavy atom. The molecule has 2 fully saturated rings. The number of likely N-dealkylation sites (tertiary alicyclic amines) is 1. The molecule has 2 N–H and O–H groups in total. The molecule has 1 aromatic heterocycles. The molecule has 4 atom stereocenters. The number of phenols is 1. The van der Waals surface area contributed by atoms with E-state index in [1.807, 2.05) is 12.1 Å². The van der Waals surface area contributed by atoms with Crippen LogP contribution in [-0.4, -0.2) is 45.8 Å². The number of aromatic hydroxyl groups is 1. The minimum atomic E-state index is -0.758. The van der Waals surface area contributed by atoms with E-state index in [9.17, 15) is 14.6 Å². The highest BCUT2D eigenvalue weighted by molar-refractivity contribution is 5.29. The first-order valence-electron chi connectivity index (χ1n) is 9.04. The number of aliphatic hydroxyl groups excluding tert-OH is 1. The molecule has 0 bridgehead atoms. The van der Waals surface area contributed by atoms with Crippen LogP contribution in [0.4, 0.5) is 4.39 Å². The van der Waals surface area contributed by atoms with Crippen molar-refractivity contribution in [3.8, 4) is 11.5 Å². The molecule has 0 spiro atoms. The van der Waals surface area contributed by atoms with Crippen molar-refractivity contribution in [1.29, 1.82) is 0 Å². The summed E-state index contributed by atoms with van der Waals surface area (Å²) in [5.74, 6) is 0.867. The molecule has 1 saturated carbocycles. The largest absolute Gasteiger partial charge is 0.505 e. The van der Waals surface area contributed by atoms with Crippen LogP contribution in [0.1, 0.15) is 24.5 Å². The van der Waals surface area contributed by atoms with Gasteiger partial charge < -0.3 is 14.9 Å². The van der Waals surface area contributed by atoms with Crippen molar-refractivity contribution in [3.05, 3.63) is 54.1 Å². The molecule has 1 saturated heterocycles. The first kappa shape index (κ1) is 17.2. The highest BCUT2D eigenvalue weighted by Crippen LogP contribution is 2.40. The minimum Gasteiger partial charge on any atom is -0.505 e. The summed E-state index contributed by atoms with van der Waals surface area (Å²) in [7, 11) is 0. The Morgan fingerprint density at radius 3 is 2.65 bits per heavy atom. The first-order valence-corrected chi connectivity index (χ1v) is 9.04. The van der Waals surface area contributed by atoms with Crippen molar-refractivity contribution in [2.24, 2.45) is 11.8 Å². The van der Waals surface area contributed by atoms with Gasteiger partial charge in [0.1, 0.15) is 5.75 Å². The third kappa shape index (κ3) is 3.66. The van der Waals surface area contributed by atoms with Crippen LogP contribution in [0.3, 0.4) is 0 Å². The van der Waals surface area contributed by atoms with Gasteiger partial charge >= 0.3 is 0 Å². The van der Waals surface area contributed by atoms with Crippen molar-refractivity contribution >= 4 is 0 Å². The van der Waals surface area contributed by atoms with Gasteiger partial charge in [-0.05, 0) is 54.5 Å². The number of ether oxygens (including phenoxy) is 1. The Kier molecular flexibility index (Phi) is 4.78. The van der Waals surface area contributed by atoms with E-state index in [2.05, 4.69) is 9.88 Å². The molecule has 1 aliphatic carbocycles. The lowest BCUT2D eigenvalue weighted by Gasteiger charge is -2.22. The predicted octanol–water partition coefficient (Wildman–Crippen LogP) is 2.75. The Balaban J connectivity index is 1.29. The lowest BCUT2D eigenvalue weighted by Crippen LogP contribution is -2.29. The maximum Gasteiger partial charge on any atom is 0.165 e. The fourth-order valence-corrected chi connectivity index (χ4v) is 4.28. The van der Waals surface area contributed by atoms with Crippen molar-refractivity contribution < 1.29 is 19.3 Å². The van der Waals surface area contributed by atoms with Crippen LogP contribution in [0.15, 0.2) is 42.7 Å². The first-order chi connectivity index (χ1) is 12.6. The zero-order valence-electron chi connectivity index (χ0n) is 14.5. The molecular formula is C20H23FN2O3. The number of fused-ring (bicyclic) bond motifs is 1. The molecule has 0 radical (unpaired) electrons. The van der Waals surface area contributed by atoms with Crippen LogP contribution in [0.5, 0.6) is 11.5 Å². The van der Waals surface area contributed by atoms with Gasteiger partial charge in [-0.3, -0.25) is 9.88 Å². The molecule has 5 nitrogen and oxygen atoms in total. The predicted molar refractivity (Wildman–Crippen MR) is 94.3 cm³/mol. The van der Waals surface area contributed by atoms with Gasteiger partial charge in [0.2, 0.25) is 0 Å². The zero-order valence-corrected chi connectivity index (χ0v) is 14.5. The van der Waals surface area contributed by atoms with Crippen LogP contribution in [0, 0.1) is 17.7 Å². The summed E-state index contributed by atoms with van der Waals surface area (Å²) in [6.45, 7) is 2.33. The summed E-state index contributed by atoms with van der Waals surface area (Å²) in [4.78, 5) is 6.32. The SMILES string of the molecule is Oc1ccc(C(O)CN2C[C@H]3C[C@@H](Oc4cccnc4)C[C@H]3C2)cc1F. The van der Waals surface area contributed by atoms with E-state index in [-0.39, 0.29) is 6.10 Å². The van der Waals surface area contributed by atoms with E-state index in [0.29, 0.717) is 23.9 Å². The molecular weight excluding hydrogens is 335 g/mol. The van der Waals surface area contributed by atoms with E-state index in [4.69, 9.17) is 4.74 Å². The normalized spacial score (nSPS) is 26.6. The molecule has 6 heteroatoms. The Morgan fingerprint density at radius 1 is 1.23 bits per heavy atom. The highest BCUT2D eigenvalue weighted by atomic mass is 19.1. The van der Waals surface area contributed by atoms with E-state index >= 15 is 0 Å². The van der Waals surface area contributed by atoms with Gasteiger partial charge in [-0.2, -0.15) is 0 Å². The van der Waals surface area contributed by atoms with Crippen LogP contribution < -0.4 is 4.74 Å². The standard InChI is InChI=1S/C20H23FN2O3/c21-18-8-13(3-4-19(18)24)20(25)12-23-10-14-6-17(7-15(14)11-23)26-16-2-1-5-22-9-16/h1-5,8-9,14-15,17,20,24-25H,6-7,10-12H2/t14-,15+,17-,20?. The quantitative estimate of drug-likeness (QED) is 0.860. The van der Waals surface area contributed by atoms with Gasteiger partial charge in [0.15, 0.2) is 11.6 Å². The van der Waals surface area contributed by atoms with Crippen molar-refractivity contribution in [2.45, 2.75) is 25.0 Å². The second-order valence-electron chi connectivity index (χ2n) is 7.37. The summed E-state index contributed by atoms with van der Waals surface area (Å²) in [5.41, 5.74) is 0.496. The number of hydrogen-bond acceptors (Lipinski definition) is 5. The molecule has 4 rings (SSSR count). The Labute approximate surface area is 152 Å². The number of β-amino-alcohol motifs (C(OH)–C–C–N with tert-alkyl or cyclic N) is 1. The molecule has 2 aromatic rings. The zero-order chi connectivity index (χ0) is 18.1. The minimum absolute atomic E-state index is 0.229. The topological polar surface area (TPSA) is 65.8 Å². The average molecular weight is 358 g/mol. The molecule has 2 aliphatic rings.